The summed E-state index contributed by atoms with van der Waals surface area (Å²) >= 11 is 0. The summed E-state index contributed by atoms with van der Waals surface area (Å²) in [5.74, 6) is 0.488. The van der Waals surface area contributed by atoms with Crippen LogP contribution in [-0.2, 0) is 4.74 Å². The molecule has 4 unspecified atom stereocenters. The first-order valence-corrected chi connectivity index (χ1v) is 8.78. The second kappa shape index (κ2) is 6.33. The molecule has 3 aliphatic carbocycles. The highest BCUT2D eigenvalue weighted by molar-refractivity contribution is 5.10. The summed E-state index contributed by atoms with van der Waals surface area (Å²) in [6.07, 6.45) is 12.2. The molecule has 0 radical (unpaired) electrons. The molecule has 3 fully saturated rings. The van der Waals surface area contributed by atoms with Crippen LogP contribution in [0.1, 0.15) is 64.7 Å². The van der Waals surface area contributed by atoms with E-state index in [9.17, 15) is 5.11 Å². The molecular formula is C17H31NO2. The molecule has 3 rings (SSSR count). The number of hydrogen-bond donors (Lipinski definition) is 2. The van der Waals surface area contributed by atoms with Crippen LogP contribution in [0.2, 0.25) is 0 Å². The average Bonchev–Trinajstić information content (AvgIpc) is 2.94. The highest BCUT2D eigenvalue weighted by atomic mass is 16.5. The maximum atomic E-state index is 9.51. The lowest BCUT2D eigenvalue weighted by Gasteiger charge is -2.58. The lowest BCUT2D eigenvalue weighted by atomic mass is 9.55. The minimum atomic E-state index is 0.353. The fourth-order valence-corrected chi connectivity index (χ4v) is 5.03. The molecule has 0 aromatic rings. The van der Waals surface area contributed by atoms with Gasteiger partial charge in [0.1, 0.15) is 0 Å². The Balaban J connectivity index is 1.64. The second-order valence-electron chi connectivity index (χ2n) is 7.17. The summed E-state index contributed by atoms with van der Waals surface area (Å²) < 4.78 is 6.03. The molecule has 0 aliphatic heterocycles. The van der Waals surface area contributed by atoms with Crippen molar-refractivity contribution in [2.45, 2.75) is 82.9 Å². The first-order chi connectivity index (χ1) is 9.80. The van der Waals surface area contributed by atoms with E-state index in [1.165, 1.54) is 57.8 Å². The molecule has 116 valence electrons. The van der Waals surface area contributed by atoms with Crippen molar-refractivity contribution in [3.05, 3.63) is 0 Å². The van der Waals surface area contributed by atoms with Crippen molar-refractivity contribution in [1.82, 2.24) is 5.32 Å². The Morgan fingerprint density at radius 3 is 2.65 bits per heavy atom. The van der Waals surface area contributed by atoms with Gasteiger partial charge in [0, 0.05) is 30.7 Å². The number of nitrogens with one attached hydrogen (secondary N) is 1. The van der Waals surface area contributed by atoms with Crippen LogP contribution in [0.5, 0.6) is 0 Å². The van der Waals surface area contributed by atoms with E-state index < -0.39 is 0 Å². The first-order valence-electron chi connectivity index (χ1n) is 8.78. The zero-order valence-electron chi connectivity index (χ0n) is 12.9. The number of aliphatic hydroxyl groups excluding tert-OH is 1. The molecule has 3 aliphatic rings. The van der Waals surface area contributed by atoms with E-state index in [2.05, 4.69) is 12.2 Å². The predicted octanol–water partition coefficient (Wildman–Crippen LogP) is 2.86. The minimum Gasteiger partial charge on any atom is -0.396 e. The SMILES string of the molecule is CCOC1CC(NC2CCCC2CO)C12CCCCC2. The lowest BCUT2D eigenvalue weighted by molar-refractivity contribution is -0.153. The average molecular weight is 281 g/mol. The van der Waals surface area contributed by atoms with Crippen molar-refractivity contribution < 1.29 is 9.84 Å². The Hall–Kier alpha value is -0.120. The van der Waals surface area contributed by atoms with Gasteiger partial charge in [-0.25, -0.2) is 0 Å². The Bertz CT molecular complexity index is 314. The van der Waals surface area contributed by atoms with Crippen LogP contribution in [0.15, 0.2) is 0 Å². The van der Waals surface area contributed by atoms with Gasteiger partial charge in [0.15, 0.2) is 0 Å². The molecule has 0 bridgehead atoms. The Morgan fingerprint density at radius 2 is 1.95 bits per heavy atom. The van der Waals surface area contributed by atoms with Crippen molar-refractivity contribution in [2.75, 3.05) is 13.2 Å². The molecule has 0 heterocycles. The number of rotatable bonds is 5. The van der Waals surface area contributed by atoms with Crippen LogP contribution in [0.3, 0.4) is 0 Å². The van der Waals surface area contributed by atoms with Crippen LogP contribution < -0.4 is 5.32 Å². The van der Waals surface area contributed by atoms with Crippen molar-refractivity contribution in [3.8, 4) is 0 Å². The normalized spacial score (nSPS) is 39.9. The topological polar surface area (TPSA) is 41.5 Å². The summed E-state index contributed by atoms with van der Waals surface area (Å²) in [5.41, 5.74) is 0.414. The number of aliphatic hydroxyl groups is 1. The maximum Gasteiger partial charge on any atom is 0.0661 e. The molecule has 0 saturated heterocycles. The van der Waals surface area contributed by atoms with Gasteiger partial charge in [0.05, 0.1) is 6.10 Å². The highest BCUT2D eigenvalue weighted by Gasteiger charge is 2.56. The molecule has 3 saturated carbocycles. The highest BCUT2D eigenvalue weighted by Crippen LogP contribution is 2.53. The zero-order valence-corrected chi connectivity index (χ0v) is 12.9. The number of hydrogen-bond acceptors (Lipinski definition) is 3. The molecule has 2 N–H and O–H groups in total. The van der Waals surface area contributed by atoms with Gasteiger partial charge in [0.25, 0.3) is 0 Å². The standard InChI is InChI=1S/C17H31NO2/c1-2-20-16-11-15(17(16)9-4-3-5-10-17)18-14-8-6-7-13(14)12-19/h13-16,18-19H,2-12H2,1H3. The van der Waals surface area contributed by atoms with Crippen LogP contribution in [0.25, 0.3) is 0 Å². The molecule has 1 spiro atoms. The lowest BCUT2D eigenvalue weighted by Crippen LogP contribution is -2.66. The van der Waals surface area contributed by atoms with E-state index in [1.54, 1.807) is 0 Å². The van der Waals surface area contributed by atoms with Gasteiger partial charge >= 0.3 is 0 Å². The molecule has 0 amide bonds. The maximum absolute atomic E-state index is 9.51. The second-order valence-corrected chi connectivity index (χ2v) is 7.17. The van der Waals surface area contributed by atoms with Gasteiger partial charge in [0.2, 0.25) is 0 Å². The van der Waals surface area contributed by atoms with E-state index in [1.807, 2.05) is 0 Å². The van der Waals surface area contributed by atoms with E-state index >= 15 is 0 Å². The summed E-state index contributed by atoms with van der Waals surface area (Å²) in [4.78, 5) is 0. The van der Waals surface area contributed by atoms with Crippen molar-refractivity contribution in [1.29, 1.82) is 0 Å². The minimum absolute atomic E-state index is 0.353. The molecule has 3 heteroatoms. The Kier molecular flexibility index (Phi) is 4.68. The van der Waals surface area contributed by atoms with Gasteiger partial charge < -0.3 is 15.2 Å². The van der Waals surface area contributed by atoms with E-state index in [-0.39, 0.29) is 0 Å². The van der Waals surface area contributed by atoms with Gasteiger partial charge in [-0.05, 0) is 44.9 Å². The summed E-state index contributed by atoms with van der Waals surface area (Å²) in [6.45, 7) is 3.32. The van der Waals surface area contributed by atoms with Crippen LogP contribution in [0, 0.1) is 11.3 Å². The van der Waals surface area contributed by atoms with Gasteiger partial charge in [-0.1, -0.05) is 25.7 Å². The quantitative estimate of drug-likeness (QED) is 0.814. The van der Waals surface area contributed by atoms with E-state index in [0.717, 1.165) is 6.61 Å². The van der Waals surface area contributed by atoms with Crippen molar-refractivity contribution in [3.63, 3.8) is 0 Å². The van der Waals surface area contributed by atoms with Crippen LogP contribution in [-0.4, -0.2) is 36.5 Å². The van der Waals surface area contributed by atoms with Gasteiger partial charge in [-0.3, -0.25) is 0 Å². The number of ether oxygens (including phenoxy) is 1. The largest absolute Gasteiger partial charge is 0.396 e. The zero-order chi connectivity index (χ0) is 14.0. The molecule has 3 nitrogen and oxygen atoms in total. The third-order valence-corrected chi connectivity index (χ3v) is 6.25. The summed E-state index contributed by atoms with van der Waals surface area (Å²) in [6, 6.07) is 1.18. The fraction of sp³-hybridized carbons (Fsp3) is 1.00. The van der Waals surface area contributed by atoms with Crippen molar-refractivity contribution in [2.24, 2.45) is 11.3 Å². The molecule has 0 aromatic heterocycles. The van der Waals surface area contributed by atoms with Crippen LogP contribution >= 0.6 is 0 Å². The summed E-state index contributed by atoms with van der Waals surface area (Å²) in [5, 5.41) is 13.4. The third kappa shape index (κ3) is 2.53. The van der Waals surface area contributed by atoms with Gasteiger partial charge in [-0.2, -0.15) is 0 Å². The summed E-state index contributed by atoms with van der Waals surface area (Å²) in [7, 11) is 0. The monoisotopic (exact) mass is 281 g/mol. The van der Waals surface area contributed by atoms with E-state index in [4.69, 9.17) is 4.74 Å². The Labute approximate surface area is 123 Å². The van der Waals surface area contributed by atoms with Crippen LogP contribution in [0.4, 0.5) is 0 Å². The first kappa shape index (κ1) is 14.8. The molecule has 0 aromatic carbocycles. The molecular weight excluding hydrogens is 250 g/mol. The predicted molar refractivity (Wildman–Crippen MR) is 80.7 cm³/mol. The fourth-order valence-electron chi connectivity index (χ4n) is 5.03. The third-order valence-electron chi connectivity index (χ3n) is 6.25. The van der Waals surface area contributed by atoms with E-state index in [0.29, 0.717) is 36.1 Å². The Morgan fingerprint density at radius 1 is 1.15 bits per heavy atom. The smallest absolute Gasteiger partial charge is 0.0661 e. The van der Waals surface area contributed by atoms with Gasteiger partial charge in [-0.15, -0.1) is 0 Å². The molecule has 4 atom stereocenters. The van der Waals surface area contributed by atoms with Crippen molar-refractivity contribution >= 4 is 0 Å². The molecule has 20 heavy (non-hydrogen) atoms.